The minimum absolute atomic E-state index is 0.0222. The molecule has 3 rings (SSSR count). The molecular formula is C15H17FN4O2. The highest BCUT2D eigenvalue weighted by Gasteiger charge is 2.22. The number of amides is 1. The lowest BCUT2D eigenvalue weighted by Gasteiger charge is -2.27. The highest BCUT2D eigenvalue weighted by molar-refractivity contribution is 5.76. The van der Waals surface area contributed by atoms with Crippen LogP contribution in [0.3, 0.4) is 0 Å². The summed E-state index contributed by atoms with van der Waals surface area (Å²) in [7, 11) is 0. The number of hydrogen-bond donors (Lipinski definition) is 0. The zero-order valence-corrected chi connectivity index (χ0v) is 12.3. The number of aryl methyl sites for hydroxylation is 1. The molecule has 7 heteroatoms. The number of carbonyl (C=O) groups excluding carboxylic acids is 1. The average molecular weight is 304 g/mol. The van der Waals surface area contributed by atoms with Gasteiger partial charge in [-0.05, 0) is 31.2 Å². The van der Waals surface area contributed by atoms with Gasteiger partial charge >= 0.3 is 0 Å². The van der Waals surface area contributed by atoms with Crippen molar-refractivity contribution < 1.29 is 13.9 Å². The maximum absolute atomic E-state index is 12.8. The van der Waals surface area contributed by atoms with E-state index in [1.807, 2.05) is 11.5 Å². The summed E-state index contributed by atoms with van der Waals surface area (Å²) in [5.41, 5.74) is 0. The third-order valence-corrected chi connectivity index (χ3v) is 3.69. The van der Waals surface area contributed by atoms with E-state index in [1.54, 1.807) is 17.0 Å². The van der Waals surface area contributed by atoms with Gasteiger partial charge in [0.1, 0.15) is 17.4 Å². The van der Waals surface area contributed by atoms with Crippen molar-refractivity contribution in [1.29, 1.82) is 0 Å². The van der Waals surface area contributed by atoms with Crippen molar-refractivity contribution in [3.05, 3.63) is 41.7 Å². The molecule has 1 aromatic carbocycles. The average Bonchev–Trinajstić information content (AvgIpc) is 2.90. The van der Waals surface area contributed by atoms with Crippen LogP contribution in [0, 0.1) is 12.7 Å². The fraction of sp³-hybridized carbons (Fsp3) is 0.400. The molecule has 0 bridgehead atoms. The minimum atomic E-state index is -0.309. The van der Waals surface area contributed by atoms with Gasteiger partial charge in [0.15, 0.2) is 5.82 Å². The van der Waals surface area contributed by atoms with E-state index < -0.39 is 0 Å². The molecule has 1 amide bonds. The second-order valence-corrected chi connectivity index (χ2v) is 5.18. The van der Waals surface area contributed by atoms with Gasteiger partial charge in [0.2, 0.25) is 5.91 Å². The molecule has 1 aliphatic rings. The largest absolute Gasteiger partial charge is 0.493 e. The fourth-order valence-electron chi connectivity index (χ4n) is 2.46. The first-order valence-corrected chi connectivity index (χ1v) is 7.18. The van der Waals surface area contributed by atoms with Gasteiger partial charge in [0.05, 0.1) is 19.6 Å². The molecule has 0 saturated carbocycles. The van der Waals surface area contributed by atoms with Crippen molar-refractivity contribution in [1.82, 2.24) is 19.7 Å². The first kappa shape index (κ1) is 14.5. The van der Waals surface area contributed by atoms with Gasteiger partial charge in [0, 0.05) is 13.1 Å². The van der Waals surface area contributed by atoms with Crippen molar-refractivity contribution in [3.63, 3.8) is 0 Å². The Bertz CT molecular complexity index is 669. The van der Waals surface area contributed by atoms with Gasteiger partial charge in [0.25, 0.3) is 0 Å². The third-order valence-electron chi connectivity index (χ3n) is 3.69. The number of nitrogens with zero attached hydrogens (tertiary/aromatic N) is 4. The van der Waals surface area contributed by atoms with Crippen molar-refractivity contribution in [2.45, 2.75) is 26.4 Å². The number of rotatable bonds is 4. The summed E-state index contributed by atoms with van der Waals surface area (Å²) < 4.78 is 20.2. The molecule has 0 fully saturated rings. The van der Waals surface area contributed by atoms with Crippen LogP contribution in [-0.2, 0) is 17.9 Å². The van der Waals surface area contributed by atoms with E-state index in [-0.39, 0.29) is 24.8 Å². The second kappa shape index (κ2) is 6.13. The smallest absolute Gasteiger partial charge is 0.226 e. The van der Waals surface area contributed by atoms with E-state index >= 15 is 0 Å². The van der Waals surface area contributed by atoms with Gasteiger partial charge in [-0.15, -0.1) is 10.2 Å². The maximum Gasteiger partial charge on any atom is 0.226 e. The van der Waals surface area contributed by atoms with E-state index in [0.717, 1.165) is 18.2 Å². The number of hydrogen-bond acceptors (Lipinski definition) is 4. The zero-order valence-electron chi connectivity index (χ0n) is 12.3. The Morgan fingerprint density at radius 3 is 2.82 bits per heavy atom. The Morgan fingerprint density at radius 1 is 1.27 bits per heavy atom. The lowest BCUT2D eigenvalue weighted by atomic mass is 10.3. The standard InChI is InChI=1S/C15H17FN4O2/c1-11-17-18-14-10-19(7-8-20(11)14)15(21)6-9-22-13-4-2-12(16)3-5-13/h2-5H,6-10H2,1H3. The summed E-state index contributed by atoms with van der Waals surface area (Å²) in [6, 6.07) is 5.76. The molecule has 6 nitrogen and oxygen atoms in total. The quantitative estimate of drug-likeness (QED) is 0.859. The van der Waals surface area contributed by atoms with E-state index in [4.69, 9.17) is 4.74 Å². The monoisotopic (exact) mass is 304 g/mol. The number of fused-ring (bicyclic) bond motifs is 1. The predicted octanol–water partition coefficient (Wildman–Crippen LogP) is 1.54. The normalized spacial score (nSPS) is 13.8. The van der Waals surface area contributed by atoms with Crippen LogP contribution in [0.2, 0.25) is 0 Å². The molecule has 0 radical (unpaired) electrons. The Morgan fingerprint density at radius 2 is 2.05 bits per heavy atom. The van der Waals surface area contributed by atoms with Gasteiger partial charge < -0.3 is 14.2 Å². The van der Waals surface area contributed by atoms with E-state index in [2.05, 4.69) is 10.2 Å². The number of aromatic nitrogens is 3. The van der Waals surface area contributed by atoms with Crippen LogP contribution in [0.1, 0.15) is 18.1 Å². The molecule has 2 heterocycles. The molecular weight excluding hydrogens is 287 g/mol. The summed E-state index contributed by atoms with van der Waals surface area (Å²) in [6.07, 6.45) is 0.282. The predicted molar refractivity (Wildman–Crippen MR) is 76.7 cm³/mol. The summed E-state index contributed by atoms with van der Waals surface area (Å²) in [4.78, 5) is 13.9. The second-order valence-electron chi connectivity index (χ2n) is 5.18. The molecule has 0 unspecified atom stereocenters. The Balaban J connectivity index is 1.49. The summed E-state index contributed by atoms with van der Waals surface area (Å²) in [5, 5.41) is 8.10. The van der Waals surface area contributed by atoms with Crippen LogP contribution in [0.25, 0.3) is 0 Å². The van der Waals surface area contributed by atoms with Gasteiger partial charge in [-0.1, -0.05) is 0 Å². The van der Waals surface area contributed by atoms with Crippen molar-refractivity contribution in [3.8, 4) is 5.75 Å². The van der Waals surface area contributed by atoms with Crippen molar-refractivity contribution in [2.75, 3.05) is 13.2 Å². The van der Waals surface area contributed by atoms with Gasteiger partial charge in [-0.2, -0.15) is 0 Å². The Hall–Kier alpha value is -2.44. The van der Waals surface area contributed by atoms with Crippen LogP contribution >= 0.6 is 0 Å². The summed E-state index contributed by atoms with van der Waals surface area (Å²) in [6.45, 7) is 4.04. The topological polar surface area (TPSA) is 60.2 Å². The van der Waals surface area contributed by atoms with Crippen LogP contribution in [0.5, 0.6) is 5.75 Å². The lowest BCUT2D eigenvalue weighted by Crippen LogP contribution is -2.39. The minimum Gasteiger partial charge on any atom is -0.493 e. The highest BCUT2D eigenvalue weighted by Crippen LogP contribution is 2.14. The SMILES string of the molecule is Cc1nnc2n1CCN(C(=O)CCOc1ccc(F)cc1)C2. The highest BCUT2D eigenvalue weighted by atomic mass is 19.1. The van der Waals surface area contributed by atoms with E-state index in [9.17, 15) is 9.18 Å². The Labute approximate surface area is 127 Å². The fourth-order valence-corrected chi connectivity index (χ4v) is 2.46. The number of carbonyl (C=O) groups is 1. The lowest BCUT2D eigenvalue weighted by molar-refractivity contribution is -0.133. The summed E-state index contributed by atoms with van der Waals surface area (Å²) >= 11 is 0. The van der Waals surface area contributed by atoms with Gasteiger partial charge in [-0.25, -0.2) is 4.39 Å². The maximum atomic E-state index is 12.8. The third kappa shape index (κ3) is 3.08. The first-order chi connectivity index (χ1) is 10.6. The molecule has 0 saturated heterocycles. The first-order valence-electron chi connectivity index (χ1n) is 7.18. The summed E-state index contributed by atoms with van der Waals surface area (Å²) in [5.74, 6) is 1.96. The molecule has 1 aliphatic heterocycles. The van der Waals surface area contributed by atoms with Gasteiger partial charge in [-0.3, -0.25) is 4.79 Å². The van der Waals surface area contributed by atoms with Crippen LogP contribution < -0.4 is 4.74 Å². The van der Waals surface area contributed by atoms with Crippen LogP contribution in [0.15, 0.2) is 24.3 Å². The molecule has 0 atom stereocenters. The van der Waals surface area contributed by atoms with Crippen molar-refractivity contribution >= 4 is 5.91 Å². The molecule has 0 spiro atoms. The van der Waals surface area contributed by atoms with E-state index in [0.29, 0.717) is 18.8 Å². The molecule has 22 heavy (non-hydrogen) atoms. The van der Waals surface area contributed by atoms with Crippen molar-refractivity contribution in [2.24, 2.45) is 0 Å². The molecule has 0 N–H and O–H groups in total. The molecule has 1 aromatic heterocycles. The van der Waals surface area contributed by atoms with Crippen LogP contribution in [-0.4, -0.2) is 38.7 Å². The van der Waals surface area contributed by atoms with Crippen LogP contribution in [0.4, 0.5) is 4.39 Å². The molecule has 2 aromatic rings. The number of halogens is 1. The number of benzene rings is 1. The Kier molecular flexibility index (Phi) is 4.04. The molecule has 0 aliphatic carbocycles. The number of ether oxygens (including phenoxy) is 1. The van der Waals surface area contributed by atoms with E-state index in [1.165, 1.54) is 12.1 Å². The molecule has 116 valence electrons. The zero-order chi connectivity index (χ0) is 15.5.